The van der Waals surface area contributed by atoms with Crippen LogP contribution in [0.5, 0.6) is 11.5 Å². The largest absolute Gasteiger partial charge is 0.497 e. The van der Waals surface area contributed by atoms with Crippen LogP contribution < -0.4 is 15.0 Å². The zero-order valence-corrected chi connectivity index (χ0v) is 16.1. The van der Waals surface area contributed by atoms with Crippen molar-refractivity contribution in [1.29, 1.82) is 0 Å². The van der Waals surface area contributed by atoms with E-state index in [2.05, 4.69) is 31.0 Å². The van der Waals surface area contributed by atoms with Crippen molar-refractivity contribution in [3.05, 3.63) is 63.1 Å². The third-order valence-corrected chi connectivity index (χ3v) is 4.70. The van der Waals surface area contributed by atoms with E-state index in [1.54, 1.807) is 32.4 Å². The van der Waals surface area contributed by atoms with Crippen LogP contribution in [-0.2, 0) is 0 Å². The van der Waals surface area contributed by atoms with E-state index in [0.717, 1.165) is 15.4 Å². The molecule has 0 spiro atoms. The lowest BCUT2D eigenvalue weighted by Crippen LogP contribution is -2.17. The van der Waals surface area contributed by atoms with Crippen LogP contribution in [0.3, 0.4) is 0 Å². The molecule has 27 heavy (non-hydrogen) atoms. The summed E-state index contributed by atoms with van der Waals surface area (Å²) in [4.78, 5) is 20.3. The Kier molecular flexibility index (Phi) is 4.41. The van der Waals surface area contributed by atoms with Crippen molar-refractivity contribution in [3.8, 4) is 11.5 Å². The summed E-state index contributed by atoms with van der Waals surface area (Å²) < 4.78 is 12.7. The van der Waals surface area contributed by atoms with Crippen LogP contribution >= 0.6 is 15.9 Å². The fraction of sp³-hybridized carbons (Fsp3) is 0.105. The van der Waals surface area contributed by atoms with Crippen LogP contribution in [0.4, 0.5) is 0 Å². The number of aromatic nitrogens is 3. The standard InChI is InChI=1S/C19H15BrN4O3/c1-26-13-4-6-16(27-2)11(7-13)9-22-24-10-21-17-14-8-12(20)3-5-15(14)23-18(17)19(24)25/h3-10,23H,1-2H3. The van der Waals surface area contributed by atoms with Gasteiger partial charge in [-0.05, 0) is 36.4 Å². The molecule has 0 radical (unpaired) electrons. The van der Waals surface area contributed by atoms with E-state index in [-0.39, 0.29) is 5.56 Å². The third-order valence-electron chi connectivity index (χ3n) is 4.21. The highest BCUT2D eigenvalue weighted by Crippen LogP contribution is 2.25. The van der Waals surface area contributed by atoms with Gasteiger partial charge in [-0.2, -0.15) is 9.78 Å². The number of aromatic amines is 1. The van der Waals surface area contributed by atoms with E-state index in [1.807, 2.05) is 18.2 Å². The van der Waals surface area contributed by atoms with Crippen LogP contribution in [0, 0.1) is 0 Å². The van der Waals surface area contributed by atoms with Gasteiger partial charge in [0, 0.05) is 20.9 Å². The van der Waals surface area contributed by atoms with Crippen molar-refractivity contribution >= 4 is 44.1 Å². The van der Waals surface area contributed by atoms with E-state index in [9.17, 15) is 4.79 Å². The summed E-state index contributed by atoms with van der Waals surface area (Å²) in [5, 5.41) is 5.13. The molecule has 0 aliphatic heterocycles. The minimum atomic E-state index is -0.287. The van der Waals surface area contributed by atoms with Crippen molar-refractivity contribution in [1.82, 2.24) is 14.6 Å². The zero-order valence-electron chi connectivity index (χ0n) is 14.6. The molecule has 0 saturated heterocycles. The Morgan fingerprint density at radius 1 is 1.19 bits per heavy atom. The fourth-order valence-electron chi connectivity index (χ4n) is 2.87. The predicted octanol–water partition coefficient (Wildman–Crippen LogP) is 3.54. The molecule has 136 valence electrons. The van der Waals surface area contributed by atoms with Gasteiger partial charge in [0.05, 0.1) is 20.4 Å². The molecule has 0 atom stereocenters. The maximum absolute atomic E-state index is 12.8. The van der Waals surface area contributed by atoms with Crippen molar-refractivity contribution in [2.75, 3.05) is 14.2 Å². The molecule has 0 saturated carbocycles. The number of hydrogen-bond donors (Lipinski definition) is 1. The summed E-state index contributed by atoms with van der Waals surface area (Å²) in [5.74, 6) is 1.29. The van der Waals surface area contributed by atoms with Crippen LogP contribution in [0.25, 0.3) is 21.9 Å². The van der Waals surface area contributed by atoms with Gasteiger partial charge in [-0.1, -0.05) is 15.9 Å². The average molecular weight is 427 g/mol. The van der Waals surface area contributed by atoms with Crippen molar-refractivity contribution in [3.63, 3.8) is 0 Å². The molecule has 8 heteroatoms. The Labute approximate surface area is 162 Å². The molecule has 0 amide bonds. The molecule has 2 aromatic heterocycles. The first-order chi connectivity index (χ1) is 13.1. The second-order valence-corrected chi connectivity index (χ2v) is 6.70. The minimum absolute atomic E-state index is 0.287. The second-order valence-electron chi connectivity index (χ2n) is 5.79. The quantitative estimate of drug-likeness (QED) is 0.506. The number of ether oxygens (including phenoxy) is 2. The molecule has 0 fully saturated rings. The van der Waals surface area contributed by atoms with Gasteiger partial charge in [-0.25, -0.2) is 4.98 Å². The van der Waals surface area contributed by atoms with Gasteiger partial charge >= 0.3 is 0 Å². The van der Waals surface area contributed by atoms with Gasteiger partial charge in [-0.3, -0.25) is 4.79 Å². The fourth-order valence-corrected chi connectivity index (χ4v) is 3.23. The first-order valence-electron chi connectivity index (χ1n) is 8.05. The SMILES string of the molecule is COc1ccc(OC)c(C=Nn2cnc3c([nH]c4ccc(Br)cc43)c2=O)c1. The number of methoxy groups -OCH3 is 2. The first-order valence-corrected chi connectivity index (χ1v) is 8.85. The number of nitrogens with zero attached hydrogens (tertiary/aromatic N) is 3. The molecular weight excluding hydrogens is 412 g/mol. The van der Waals surface area contributed by atoms with Crippen LogP contribution in [0.1, 0.15) is 5.56 Å². The summed E-state index contributed by atoms with van der Waals surface area (Å²) >= 11 is 3.44. The monoisotopic (exact) mass is 426 g/mol. The van der Waals surface area contributed by atoms with E-state index in [4.69, 9.17) is 9.47 Å². The van der Waals surface area contributed by atoms with Gasteiger partial charge < -0.3 is 14.5 Å². The van der Waals surface area contributed by atoms with Crippen molar-refractivity contribution in [2.24, 2.45) is 5.10 Å². The molecule has 0 aliphatic rings. The molecule has 0 unspecified atom stereocenters. The van der Waals surface area contributed by atoms with E-state index in [1.165, 1.54) is 17.2 Å². The molecular formula is C19H15BrN4O3. The highest BCUT2D eigenvalue weighted by atomic mass is 79.9. The van der Waals surface area contributed by atoms with E-state index in [0.29, 0.717) is 28.1 Å². The van der Waals surface area contributed by atoms with Gasteiger partial charge in [0.1, 0.15) is 28.9 Å². The Bertz CT molecular complexity index is 1240. The summed E-state index contributed by atoms with van der Waals surface area (Å²) in [6.45, 7) is 0. The Morgan fingerprint density at radius 2 is 2.04 bits per heavy atom. The van der Waals surface area contributed by atoms with Gasteiger partial charge in [0.15, 0.2) is 0 Å². The molecule has 2 aromatic carbocycles. The summed E-state index contributed by atoms with van der Waals surface area (Å²) in [5.41, 5.74) is 2.26. The minimum Gasteiger partial charge on any atom is -0.497 e. The maximum atomic E-state index is 12.8. The Hall–Kier alpha value is -3.13. The van der Waals surface area contributed by atoms with Gasteiger partial charge in [0.25, 0.3) is 5.56 Å². The number of benzene rings is 2. The molecule has 2 heterocycles. The molecule has 0 bridgehead atoms. The van der Waals surface area contributed by atoms with Crippen LogP contribution in [-0.4, -0.2) is 35.1 Å². The Morgan fingerprint density at radius 3 is 2.81 bits per heavy atom. The van der Waals surface area contributed by atoms with Crippen molar-refractivity contribution < 1.29 is 9.47 Å². The second kappa shape index (κ2) is 6.88. The number of hydrogen-bond acceptors (Lipinski definition) is 5. The van der Waals surface area contributed by atoms with Crippen molar-refractivity contribution in [2.45, 2.75) is 0 Å². The first kappa shape index (κ1) is 17.3. The number of fused-ring (bicyclic) bond motifs is 3. The smallest absolute Gasteiger partial charge is 0.298 e. The van der Waals surface area contributed by atoms with Gasteiger partial charge in [-0.15, -0.1) is 0 Å². The summed E-state index contributed by atoms with van der Waals surface area (Å²) in [7, 11) is 3.15. The summed E-state index contributed by atoms with van der Waals surface area (Å²) in [6, 6.07) is 11.1. The molecule has 4 rings (SSSR count). The molecule has 7 nitrogen and oxygen atoms in total. The molecule has 1 N–H and O–H groups in total. The van der Waals surface area contributed by atoms with E-state index >= 15 is 0 Å². The van der Waals surface area contributed by atoms with Crippen LogP contribution in [0.2, 0.25) is 0 Å². The lowest BCUT2D eigenvalue weighted by molar-refractivity contribution is 0.402. The average Bonchev–Trinajstić information content (AvgIpc) is 3.06. The lowest BCUT2D eigenvalue weighted by Gasteiger charge is -2.06. The van der Waals surface area contributed by atoms with E-state index < -0.39 is 0 Å². The Balaban J connectivity index is 1.81. The van der Waals surface area contributed by atoms with Gasteiger partial charge in [0.2, 0.25) is 0 Å². The number of halogens is 1. The summed E-state index contributed by atoms with van der Waals surface area (Å²) in [6.07, 6.45) is 2.94. The number of nitrogens with one attached hydrogen (secondary N) is 1. The number of H-pyrrole nitrogens is 1. The highest BCUT2D eigenvalue weighted by molar-refractivity contribution is 9.10. The predicted molar refractivity (Wildman–Crippen MR) is 108 cm³/mol. The molecule has 4 aromatic rings. The highest BCUT2D eigenvalue weighted by Gasteiger charge is 2.11. The maximum Gasteiger partial charge on any atom is 0.298 e. The third kappa shape index (κ3) is 3.08. The number of rotatable bonds is 4. The molecule has 0 aliphatic carbocycles. The normalized spacial score (nSPS) is 11.5. The van der Waals surface area contributed by atoms with Crippen LogP contribution in [0.15, 0.2) is 57.1 Å². The zero-order chi connectivity index (χ0) is 19.0. The topological polar surface area (TPSA) is 81.5 Å². The lowest BCUT2D eigenvalue weighted by atomic mass is 10.2.